The van der Waals surface area contributed by atoms with Gasteiger partial charge >= 0.3 is 0 Å². The molecular formula is C9H10N2OS. The molecule has 68 valence electrons. The van der Waals surface area contributed by atoms with Crippen molar-refractivity contribution in [2.45, 2.75) is 0 Å². The number of hydrogen-bond donors (Lipinski definition) is 1. The Kier molecular flexibility index (Phi) is 2.21. The Morgan fingerprint density at radius 3 is 3.00 bits per heavy atom. The molecular weight excluding hydrogens is 184 g/mol. The van der Waals surface area contributed by atoms with Crippen LogP contribution in [-0.4, -0.2) is 19.8 Å². The molecule has 0 saturated carbocycles. The van der Waals surface area contributed by atoms with Crippen molar-refractivity contribution >= 4 is 16.3 Å². The summed E-state index contributed by atoms with van der Waals surface area (Å²) in [7, 11) is 0. The van der Waals surface area contributed by atoms with Gasteiger partial charge in [0.2, 0.25) is 0 Å². The topological polar surface area (TPSA) is 45.0 Å². The molecule has 4 heteroatoms. The van der Waals surface area contributed by atoms with Crippen LogP contribution in [0.1, 0.15) is 0 Å². The molecule has 1 saturated heterocycles. The minimum Gasteiger partial charge on any atom is -0.378 e. The predicted molar refractivity (Wildman–Crippen MR) is 51.7 cm³/mol. The van der Waals surface area contributed by atoms with Crippen molar-refractivity contribution in [2.75, 3.05) is 25.1 Å². The zero-order chi connectivity index (χ0) is 9.15. The maximum absolute atomic E-state index is 8.90. The van der Waals surface area contributed by atoms with Gasteiger partial charge in [0.05, 0.1) is 24.3 Å². The van der Waals surface area contributed by atoms with Crippen molar-refractivity contribution < 1.29 is 4.74 Å². The van der Waals surface area contributed by atoms with Crippen LogP contribution in [0.25, 0.3) is 0 Å². The van der Waals surface area contributed by atoms with Crippen molar-refractivity contribution in [3.63, 3.8) is 0 Å². The number of hydrogen-bond acceptors (Lipinski definition) is 4. The molecule has 1 aliphatic heterocycles. The minimum absolute atomic E-state index is 0.288. The fraction of sp³-hybridized carbons (Fsp3) is 0.444. The van der Waals surface area contributed by atoms with Crippen molar-refractivity contribution in [3.8, 4) is 6.07 Å². The summed E-state index contributed by atoms with van der Waals surface area (Å²) in [6.07, 6.45) is 0. The Bertz CT molecular complexity index is 311. The Balaban J connectivity index is 1.89. The van der Waals surface area contributed by atoms with E-state index in [1.165, 1.54) is 0 Å². The van der Waals surface area contributed by atoms with Gasteiger partial charge in [-0.3, -0.25) is 0 Å². The second-order valence-electron chi connectivity index (χ2n) is 3.22. The quantitative estimate of drug-likeness (QED) is 0.796. The first-order valence-corrected chi connectivity index (χ1v) is 4.99. The van der Waals surface area contributed by atoms with Gasteiger partial charge in [0.1, 0.15) is 5.41 Å². The smallest absolute Gasteiger partial charge is 0.121 e. The van der Waals surface area contributed by atoms with E-state index >= 15 is 0 Å². The highest BCUT2D eigenvalue weighted by molar-refractivity contribution is 7.14. The van der Waals surface area contributed by atoms with Gasteiger partial charge in [-0.2, -0.15) is 5.26 Å². The summed E-state index contributed by atoms with van der Waals surface area (Å²) in [4.78, 5) is 0. The lowest BCUT2D eigenvalue weighted by Gasteiger charge is -2.34. The molecule has 0 radical (unpaired) electrons. The van der Waals surface area contributed by atoms with Crippen LogP contribution >= 0.6 is 11.3 Å². The van der Waals surface area contributed by atoms with Gasteiger partial charge in [-0.15, -0.1) is 11.3 Å². The van der Waals surface area contributed by atoms with Gasteiger partial charge in [-0.05, 0) is 17.5 Å². The van der Waals surface area contributed by atoms with E-state index < -0.39 is 0 Å². The predicted octanol–water partition coefficient (Wildman–Crippen LogP) is 1.70. The molecule has 2 heterocycles. The standard InChI is InChI=1S/C9H10N2OS/c10-4-9(6-12-7-9)5-11-8-2-1-3-13-8/h1-3,11H,5-7H2. The van der Waals surface area contributed by atoms with Crippen LogP contribution in [0, 0.1) is 16.7 Å². The molecule has 13 heavy (non-hydrogen) atoms. The first-order valence-electron chi connectivity index (χ1n) is 4.11. The number of anilines is 1. The van der Waals surface area contributed by atoms with Crippen LogP contribution in [0.15, 0.2) is 17.5 Å². The number of thiophene rings is 1. The Morgan fingerprint density at radius 1 is 1.69 bits per heavy atom. The monoisotopic (exact) mass is 194 g/mol. The zero-order valence-corrected chi connectivity index (χ0v) is 7.93. The molecule has 0 spiro atoms. The van der Waals surface area contributed by atoms with Gasteiger partial charge in [-0.1, -0.05) is 0 Å². The average Bonchev–Trinajstić information content (AvgIpc) is 2.56. The fourth-order valence-corrected chi connectivity index (χ4v) is 1.81. The van der Waals surface area contributed by atoms with Gasteiger partial charge in [0, 0.05) is 6.54 Å². The summed E-state index contributed by atoms with van der Waals surface area (Å²) >= 11 is 1.65. The maximum Gasteiger partial charge on any atom is 0.121 e. The number of nitrogens with zero attached hydrogens (tertiary/aromatic N) is 1. The van der Waals surface area contributed by atoms with E-state index in [-0.39, 0.29) is 5.41 Å². The van der Waals surface area contributed by atoms with E-state index in [4.69, 9.17) is 10.00 Å². The summed E-state index contributed by atoms with van der Waals surface area (Å²) in [6.45, 7) is 1.80. The molecule has 1 fully saturated rings. The number of nitrogens with one attached hydrogen (secondary N) is 1. The summed E-state index contributed by atoms with van der Waals surface area (Å²) in [5.74, 6) is 0. The van der Waals surface area contributed by atoms with Crippen molar-refractivity contribution in [3.05, 3.63) is 17.5 Å². The molecule has 1 aromatic rings. The normalized spacial score (nSPS) is 18.7. The molecule has 0 aromatic carbocycles. The van der Waals surface area contributed by atoms with Crippen molar-refractivity contribution in [2.24, 2.45) is 5.41 Å². The van der Waals surface area contributed by atoms with E-state index in [9.17, 15) is 0 Å². The molecule has 0 atom stereocenters. The number of ether oxygens (including phenoxy) is 1. The highest BCUT2D eigenvalue weighted by atomic mass is 32.1. The average molecular weight is 194 g/mol. The number of rotatable bonds is 3. The molecule has 1 aliphatic rings. The number of nitriles is 1. The third-order valence-corrected chi connectivity index (χ3v) is 2.94. The highest BCUT2D eigenvalue weighted by Gasteiger charge is 2.38. The maximum atomic E-state index is 8.90. The largest absolute Gasteiger partial charge is 0.378 e. The summed E-state index contributed by atoms with van der Waals surface area (Å²) in [5, 5.41) is 15.3. The minimum atomic E-state index is -0.288. The highest BCUT2D eigenvalue weighted by Crippen LogP contribution is 2.27. The van der Waals surface area contributed by atoms with Gasteiger partial charge in [-0.25, -0.2) is 0 Å². The summed E-state index contributed by atoms with van der Waals surface area (Å²) < 4.78 is 5.04. The molecule has 2 rings (SSSR count). The van der Waals surface area contributed by atoms with Crippen LogP contribution < -0.4 is 5.32 Å². The first kappa shape index (κ1) is 8.54. The van der Waals surface area contributed by atoms with Crippen molar-refractivity contribution in [1.29, 1.82) is 5.26 Å². The SMILES string of the molecule is N#CC1(CNc2cccs2)COC1. The van der Waals surface area contributed by atoms with Crippen LogP contribution in [-0.2, 0) is 4.74 Å². The Labute approximate surface area is 80.9 Å². The summed E-state index contributed by atoms with van der Waals surface area (Å²) in [6, 6.07) is 6.29. The van der Waals surface area contributed by atoms with E-state index in [0.717, 1.165) is 5.00 Å². The van der Waals surface area contributed by atoms with Crippen molar-refractivity contribution in [1.82, 2.24) is 0 Å². The molecule has 3 nitrogen and oxygen atoms in total. The molecule has 1 aromatic heterocycles. The fourth-order valence-electron chi connectivity index (χ4n) is 1.19. The van der Waals surface area contributed by atoms with Crippen LogP contribution in [0.5, 0.6) is 0 Å². The van der Waals surface area contributed by atoms with E-state index in [0.29, 0.717) is 19.8 Å². The molecule has 1 N–H and O–H groups in total. The first-order chi connectivity index (χ1) is 6.35. The van der Waals surface area contributed by atoms with Gasteiger partial charge in [0.25, 0.3) is 0 Å². The molecule has 0 unspecified atom stereocenters. The Morgan fingerprint density at radius 2 is 2.54 bits per heavy atom. The molecule has 0 aliphatic carbocycles. The van der Waals surface area contributed by atoms with Crippen LogP contribution in [0.3, 0.4) is 0 Å². The second kappa shape index (κ2) is 3.36. The second-order valence-corrected chi connectivity index (χ2v) is 4.16. The lowest BCUT2D eigenvalue weighted by atomic mass is 9.88. The summed E-state index contributed by atoms with van der Waals surface area (Å²) in [5.41, 5.74) is -0.288. The van der Waals surface area contributed by atoms with Gasteiger partial charge in [0.15, 0.2) is 0 Å². The van der Waals surface area contributed by atoms with Crippen LogP contribution in [0.2, 0.25) is 0 Å². The molecule has 0 amide bonds. The third-order valence-electron chi connectivity index (χ3n) is 2.12. The lowest BCUT2D eigenvalue weighted by molar-refractivity contribution is -0.0690. The zero-order valence-electron chi connectivity index (χ0n) is 7.12. The third kappa shape index (κ3) is 1.67. The van der Waals surface area contributed by atoms with Gasteiger partial charge < -0.3 is 10.1 Å². The lowest BCUT2D eigenvalue weighted by Crippen LogP contribution is -2.46. The van der Waals surface area contributed by atoms with E-state index in [1.807, 2.05) is 17.5 Å². The van der Waals surface area contributed by atoms with E-state index in [2.05, 4.69) is 11.4 Å². The van der Waals surface area contributed by atoms with E-state index in [1.54, 1.807) is 11.3 Å². The van der Waals surface area contributed by atoms with Crippen LogP contribution in [0.4, 0.5) is 5.00 Å². The molecule has 0 bridgehead atoms. The Hall–Kier alpha value is -1.05.